The summed E-state index contributed by atoms with van der Waals surface area (Å²) in [6, 6.07) is 6.21. The van der Waals surface area contributed by atoms with Crippen LogP contribution < -0.4 is 0 Å². The third kappa shape index (κ3) is 3.13. The molecule has 4 heteroatoms. The number of carboxylic acid groups (broad SMARTS) is 1. The Labute approximate surface area is 113 Å². The molecule has 0 aromatic heterocycles. The summed E-state index contributed by atoms with van der Waals surface area (Å²) in [4.78, 5) is 13.7. The summed E-state index contributed by atoms with van der Waals surface area (Å²) in [6.07, 6.45) is 3.56. The minimum absolute atomic E-state index is 0.316. The topological polar surface area (TPSA) is 40.5 Å². The van der Waals surface area contributed by atoms with Crippen LogP contribution in [0.15, 0.2) is 24.3 Å². The second-order valence-electron chi connectivity index (χ2n) is 5.43. The van der Waals surface area contributed by atoms with E-state index in [1.54, 1.807) is 19.1 Å². The molecule has 1 saturated heterocycles. The van der Waals surface area contributed by atoms with Crippen molar-refractivity contribution in [3.8, 4) is 0 Å². The molecule has 0 aliphatic carbocycles. The highest BCUT2D eigenvalue weighted by molar-refractivity contribution is 5.78. The van der Waals surface area contributed by atoms with Crippen molar-refractivity contribution in [1.82, 2.24) is 4.90 Å². The predicted molar refractivity (Wildman–Crippen MR) is 71.6 cm³/mol. The first-order valence-corrected chi connectivity index (χ1v) is 6.75. The molecule has 1 aromatic rings. The number of halogens is 1. The van der Waals surface area contributed by atoms with Crippen molar-refractivity contribution < 1.29 is 14.3 Å². The molecule has 3 nitrogen and oxygen atoms in total. The van der Waals surface area contributed by atoms with E-state index in [2.05, 4.69) is 0 Å². The fourth-order valence-electron chi connectivity index (χ4n) is 2.75. The van der Waals surface area contributed by atoms with Crippen LogP contribution in [-0.2, 0) is 11.2 Å². The van der Waals surface area contributed by atoms with Crippen molar-refractivity contribution in [2.24, 2.45) is 0 Å². The van der Waals surface area contributed by atoms with Crippen molar-refractivity contribution in [3.63, 3.8) is 0 Å². The first-order chi connectivity index (χ1) is 9.02. The SMILES string of the molecule is CC(Cc1cccc(F)c1)(C(=O)O)N1CCCCC1. The van der Waals surface area contributed by atoms with Gasteiger partial charge >= 0.3 is 5.97 Å². The van der Waals surface area contributed by atoms with E-state index in [4.69, 9.17) is 0 Å². The maximum absolute atomic E-state index is 13.2. The average Bonchev–Trinajstić information content (AvgIpc) is 2.39. The second-order valence-corrected chi connectivity index (χ2v) is 5.43. The molecule has 1 N–H and O–H groups in total. The van der Waals surface area contributed by atoms with E-state index in [9.17, 15) is 14.3 Å². The van der Waals surface area contributed by atoms with Crippen LogP contribution in [0.4, 0.5) is 4.39 Å². The molecule has 1 atom stereocenters. The fraction of sp³-hybridized carbons (Fsp3) is 0.533. The maximum Gasteiger partial charge on any atom is 0.324 e. The molecular formula is C15H20FNO2. The number of rotatable bonds is 4. The average molecular weight is 265 g/mol. The summed E-state index contributed by atoms with van der Waals surface area (Å²) < 4.78 is 13.2. The van der Waals surface area contributed by atoms with Gasteiger partial charge in [0.25, 0.3) is 0 Å². The third-order valence-corrected chi connectivity index (χ3v) is 3.95. The second kappa shape index (κ2) is 5.70. The Kier molecular flexibility index (Phi) is 4.20. The van der Waals surface area contributed by atoms with Gasteiger partial charge in [-0.1, -0.05) is 18.6 Å². The zero-order valence-electron chi connectivity index (χ0n) is 11.2. The monoisotopic (exact) mass is 265 g/mol. The Bertz CT molecular complexity index is 457. The number of hydrogen-bond donors (Lipinski definition) is 1. The van der Waals surface area contributed by atoms with E-state index in [1.807, 2.05) is 4.90 Å². The van der Waals surface area contributed by atoms with Gasteiger partial charge in [0, 0.05) is 6.42 Å². The number of benzene rings is 1. The van der Waals surface area contributed by atoms with Crippen LogP contribution in [0.3, 0.4) is 0 Å². The van der Waals surface area contributed by atoms with Gasteiger partial charge in [-0.05, 0) is 50.6 Å². The standard InChI is InChI=1S/C15H20FNO2/c1-15(14(18)19,17-8-3-2-4-9-17)11-12-6-5-7-13(16)10-12/h5-7,10H,2-4,8-9,11H2,1H3,(H,18,19). The lowest BCUT2D eigenvalue weighted by atomic mass is 9.89. The molecule has 1 aromatic carbocycles. The Morgan fingerprint density at radius 1 is 1.37 bits per heavy atom. The molecule has 104 valence electrons. The molecule has 19 heavy (non-hydrogen) atoms. The minimum Gasteiger partial charge on any atom is -0.480 e. The number of aliphatic carboxylic acids is 1. The summed E-state index contributed by atoms with van der Waals surface area (Å²) in [6.45, 7) is 3.35. The fourth-order valence-corrected chi connectivity index (χ4v) is 2.75. The lowest BCUT2D eigenvalue weighted by Crippen LogP contribution is -2.55. The van der Waals surface area contributed by atoms with Gasteiger partial charge < -0.3 is 5.11 Å². The molecule has 1 heterocycles. The Balaban J connectivity index is 2.21. The highest BCUT2D eigenvalue weighted by atomic mass is 19.1. The van der Waals surface area contributed by atoms with Gasteiger partial charge in [-0.25, -0.2) is 4.39 Å². The molecule has 2 rings (SSSR count). The molecule has 0 saturated carbocycles. The summed E-state index contributed by atoms with van der Waals surface area (Å²) in [5.74, 6) is -1.15. The van der Waals surface area contributed by atoms with E-state index in [0.717, 1.165) is 37.9 Å². The van der Waals surface area contributed by atoms with Crippen LogP contribution in [0.25, 0.3) is 0 Å². The Morgan fingerprint density at radius 3 is 2.63 bits per heavy atom. The van der Waals surface area contributed by atoms with Gasteiger partial charge in [0.1, 0.15) is 11.4 Å². The van der Waals surface area contributed by atoms with Crippen LogP contribution in [-0.4, -0.2) is 34.6 Å². The van der Waals surface area contributed by atoms with Gasteiger partial charge in [-0.2, -0.15) is 0 Å². The van der Waals surface area contributed by atoms with Crippen LogP contribution >= 0.6 is 0 Å². The molecular weight excluding hydrogens is 245 g/mol. The third-order valence-electron chi connectivity index (χ3n) is 3.95. The first-order valence-electron chi connectivity index (χ1n) is 6.75. The zero-order valence-corrected chi connectivity index (χ0v) is 11.2. The Morgan fingerprint density at radius 2 is 2.05 bits per heavy atom. The smallest absolute Gasteiger partial charge is 0.324 e. The van der Waals surface area contributed by atoms with Crippen LogP contribution in [0.2, 0.25) is 0 Å². The lowest BCUT2D eigenvalue weighted by molar-refractivity contribution is -0.151. The molecule has 1 fully saturated rings. The molecule has 1 unspecified atom stereocenters. The highest BCUT2D eigenvalue weighted by Gasteiger charge is 2.40. The lowest BCUT2D eigenvalue weighted by Gasteiger charge is -2.40. The summed E-state index contributed by atoms with van der Waals surface area (Å²) in [7, 11) is 0. The van der Waals surface area contributed by atoms with Crippen LogP contribution in [0.1, 0.15) is 31.7 Å². The molecule has 0 bridgehead atoms. The van der Waals surface area contributed by atoms with E-state index in [0.29, 0.717) is 6.42 Å². The van der Waals surface area contributed by atoms with Gasteiger partial charge in [0.05, 0.1) is 0 Å². The quantitative estimate of drug-likeness (QED) is 0.910. The van der Waals surface area contributed by atoms with Gasteiger partial charge in [0.15, 0.2) is 0 Å². The van der Waals surface area contributed by atoms with Crippen molar-refractivity contribution in [2.75, 3.05) is 13.1 Å². The largest absolute Gasteiger partial charge is 0.480 e. The molecule has 0 radical (unpaired) electrons. The van der Waals surface area contributed by atoms with E-state index in [-0.39, 0.29) is 5.82 Å². The summed E-state index contributed by atoms with van der Waals surface area (Å²) in [5.41, 5.74) is -0.218. The predicted octanol–water partition coefficient (Wildman–Crippen LogP) is 2.70. The number of carbonyl (C=O) groups is 1. The van der Waals surface area contributed by atoms with E-state index >= 15 is 0 Å². The number of hydrogen-bond acceptors (Lipinski definition) is 2. The summed E-state index contributed by atoms with van der Waals surface area (Å²) >= 11 is 0. The number of carboxylic acids is 1. The van der Waals surface area contributed by atoms with E-state index in [1.165, 1.54) is 12.1 Å². The van der Waals surface area contributed by atoms with Crippen molar-refractivity contribution >= 4 is 5.97 Å². The molecule has 1 aliphatic rings. The van der Waals surface area contributed by atoms with Crippen molar-refractivity contribution in [3.05, 3.63) is 35.6 Å². The minimum atomic E-state index is -0.950. The van der Waals surface area contributed by atoms with Gasteiger partial charge in [-0.15, -0.1) is 0 Å². The first kappa shape index (κ1) is 14.0. The number of nitrogens with zero attached hydrogens (tertiary/aromatic N) is 1. The van der Waals surface area contributed by atoms with Crippen molar-refractivity contribution in [2.45, 2.75) is 38.1 Å². The maximum atomic E-state index is 13.2. The van der Waals surface area contributed by atoms with Crippen molar-refractivity contribution in [1.29, 1.82) is 0 Å². The molecule has 0 amide bonds. The number of likely N-dealkylation sites (tertiary alicyclic amines) is 1. The van der Waals surface area contributed by atoms with Gasteiger partial charge in [-0.3, -0.25) is 9.69 Å². The van der Waals surface area contributed by atoms with Crippen LogP contribution in [0.5, 0.6) is 0 Å². The Hall–Kier alpha value is -1.42. The normalized spacial score (nSPS) is 19.9. The zero-order chi connectivity index (χ0) is 13.9. The molecule has 1 aliphatic heterocycles. The van der Waals surface area contributed by atoms with Crippen LogP contribution in [0, 0.1) is 5.82 Å². The number of piperidine rings is 1. The highest BCUT2D eigenvalue weighted by Crippen LogP contribution is 2.25. The summed E-state index contributed by atoms with van der Waals surface area (Å²) in [5, 5.41) is 9.58. The van der Waals surface area contributed by atoms with Gasteiger partial charge in [0.2, 0.25) is 0 Å². The van der Waals surface area contributed by atoms with E-state index < -0.39 is 11.5 Å². The molecule has 0 spiro atoms.